The third kappa shape index (κ3) is 7.98. The molecule has 0 aromatic heterocycles. The molecule has 108 valence electrons. The van der Waals surface area contributed by atoms with Gasteiger partial charge in [-0.3, -0.25) is 0 Å². The first-order valence-electron chi connectivity index (χ1n) is 7.19. The van der Waals surface area contributed by atoms with Crippen LogP contribution in [0.15, 0.2) is 30.3 Å². The van der Waals surface area contributed by atoms with Crippen LogP contribution in [-0.4, -0.2) is 49.3 Å². The van der Waals surface area contributed by atoms with Gasteiger partial charge in [0.15, 0.2) is 0 Å². The van der Waals surface area contributed by atoms with Crippen LogP contribution in [0.4, 0.5) is 0 Å². The Labute approximate surface area is 117 Å². The highest BCUT2D eigenvalue weighted by Gasteiger charge is 2.08. The van der Waals surface area contributed by atoms with Crippen LogP contribution in [0.1, 0.15) is 19.4 Å². The zero-order valence-corrected chi connectivity index (χ0v) is 12.5. The zero-order valence-electron chi connectivity index (χ0n) is 12.5. The highest BCUT2D eigenvalue weighted by molar-refractivity contribution is 5.14. The highest BCUT2D eigenvalue weighted by atomic mass is 16.3. The van der Waals surface area contributed by atoms with Gasteiger partial charge in [0.2, 0.25) is 0 Å². The van der Waals surface area contributed by atoms with Crippen molar-refractivity contribution in [3.05, 3.63) is 35.9 Å². The molecule has 0 amide bonds. The molecule has 0 aliphatic carbocycles. The SMILES string of the molecule is CC(C)CNCC(O)CN(C)CCc1ccccc1. The Balaban J connectivity index is 2.14. The summed E-state index contributed by atoms with van der Waals surface area (Å²) in [5.74, 6) is 0.628. The Morgan fingerprint density at radius 1 is 1.16 bits per heavy atom. The van der Waals surface area contributed by atoms with Crippen LogP contribution in [0.2, 0.25) is 0 Å². The van der Waals surface area contributed by atoms with E-state index in [9.17, 15) is 5.11 Å². The van der Waals surface area contributed by atoms with Gasteiger partial charge in [-0.05, 0) is 31.5 Å². The van der Waals surface area contributed by atoms with Gasteiger partial charge in [0.25, 0.3) is 0 Å². The summed E-state index contributed by atoms with van der Waals surface area (Å²) in [6, 6.07) is 10.5. The Morgan fingerprint density at radius 3 is 2.47 bits per heavy atom. The maximum atomic E-state index is 9.93. The molecule has 0 radical (unpaired) electrons. The molecule has 0 heterocycles. The van der Waals surface area contributed by atoms with Gasteiger partial charge >= 0.3 is 0 Å². The average molecular weight is 264 g/mol. The van der Waals surface area contributed by atoms with E-state index in [0.717, 1.165) is 26.1 Å². The Bertz CT molecular complexity index is 327. The standard InChI is InChI=1S/C16H28N2O/c1-14(2)11-17-12-16(19)13-18(3)10-9-15-7-5-4-6-8-15/h4-8,14,16-17,19H,9-13H2,1-3H3. The molecule has 0 aliphatic rings. The molecular weight excluding hydrogens is 236 g/mol. The number of likely N-dealkylation sites (N-methyl/N-ethyl adjacent to an activating group) is 1. The van der Waals surface area contributed by atoms with Crippen molar-refractivity contribution in [2.24, 2.45) is 5.92 Å². The van der Waals surface area contributed by atoms with Gasteiger partial charge < -0.3 is 15.3 Å². The Hall–Kier alpha value is -0.900. The molecule has 0 saturated heterocycles. The van der Waals surface area contributed by atoms with Crippen molar-refractivity contribution in [2.45, 2.75) is 26.4 Å². The fourth-order valence-electron chi connectivity index (χ4n) is 2.02. The van der Waals surface area contributed by atoms with Gasteiger partial charge in [0, 0.05) is 19.6 Å². The quantitative estimate of drug-likeness (QED) is 0.713. The third-order valence-electron chi connectivity index (χ3n) is 3.08. The number of rotatable bonds is 9. The van der Waals surface area contributed by atoms with E-state index in [1.54, 1.807) is 0 Å². The first kappa shape index (κ1) is 16.2. The van der Waals surface area contributed by atoms with Crippen LogP contribution in [0, 0.1) is 5.92 Å². The van der Waals surface area contributed by atoms with E-state index in [0.29, 0.717) is 12.5 Å². The van der Waals surface area contributed by atoms with Crippen molar-refractivity contribution in [3.63, 3.8) is 0 Å². The molecule has 2 N–H and O–H groups in total. The molecule has 0 saturated carbocycles. The summed E-state index contributed by atoms with van der Waals surface area (Å²) in [6.45, 7) is 7.68. The molecule has 1 aromatic carbocycles. The van der Waals surface area contributed by atoms with Crippen LogP contribution in [0.25, 0.3) is 0 Å². The minimum absolute atomic E-state index is 0.292. The average Bonchev–Trinajstić information content (AvgIpc) is 2.37. The van der Waals surface area contributed by atoms with Crippen LogP contribution in [0.5, 0.6) is 0 Å². The second-order valence-corrected chi connectivity index (χ2v) is 5.70. The number of aliphatic hydroxyl groups excluding tert-OH is 1. The smallest absolute Gasteiger partial charge is 0.0791 e. The van der Waals surface area contributed by atoms with E-state index < -0.39 is 0 Å². The summed E-state index contributed by atoms with van der Waals surface area (Å²) >= 11 is 0. The van der Waals surface area contributed by atoms with E-state index in [1.807, 2.05) is 6.07 Å². The first-order valence-corrected chi connectivity index (χ1v) is 7.19. The number of nitrogens with one attached hydrogen (secondary N) is 1. The Morgan fingerprint density at radius 2 is 1.84 bits per heavy atom. The van der Waals surface area contributed by atoms with Gasteiger partial charge in [0.1, 0.15) is 0 Å². The lowest BCUT2D eigenvalue weighted by Crippen LogP contribution is -2.38. The lowest BCUT2D eigenvalue weighted by molar-refractivity contribution is 0.124. The largest absolute Gasteiger partial charge is 0.390 e. The van der Waals surface area contributed by atoms with Gasteiger partial charge in [-0.1, -0.05) is 44.2 Å². The highest BCUT2D eigenvalue weighted by Crippen LogP contribution is 2.01. The minimum Gasteiger partial charge on any atom is -0.390 e. The molecule has 1 atom stereocenters. The summed E-state index contributed by atoms with van der Waals surface area (Å²) in [5.41, 5.74) is 1.35. The van der Waals surface area contributed by atoms with Crippen molar-refractivity contribution in [1.29, 1.82) is 0 Å². The number of hydrogen-bond donors (Lipinski definition) is 2. The number of aliphatic hydroxyl groups is 1. The summed E-state index contributed by atoms with van der Waals surface area (Å²) < 4.78 is 0. The summed E-state index contributed by atoms with van der Waals surface area (Å²) in [4.78, 5) is 2.19. The molecule has 0 spiro atoms. The molecular formula is C16H28N2O. The fourth-order valence-corrected chi connectivity index (χ4v) is 2.02. The normalized spacial score (nSPS) is 13.2. The maximum Gasteiger partial charge on any atom is 0.0791 e. The first-order chi connectivity index (χ1) is 9.08. The lowest BCUT2D eigenvalue weighted by Gasteiger charge is -2.21. The van der Waals surface area contributed by atoms with E-state index in [2.05, 4.69) is 55.4 Å². The zero-order chi connectivity index (χ0) is 14.1. The van der Waals surface area contributed by atoms with Gasteiger partial charge in [0.05, 0.1) is 6.10 Å². The van der Waals surface area contributed by atoms with Crippen LogP contribution in [0.3, 0.4) is 0 Å². The van der Waals surface area contributed by atoms with Crippen molar-refractivity contribution >= 4 is 0 Å². The predicted octanol–water partition coefficient (Wildman–Crippen LogP) is 1.77. The lowest BCUT2D eigenvalue weighted by atomic mass is 10.1. The number of nitrogens with zero attached hydrogens (tertiary/aromatic N) is 1. The van der Waals surface area contributed by atoms with E-state index >= 15 is 0 Å². The van der Waals surface area contributed by atoms with Crippen LogP contribution < -0.4 is 5.32 Å². The van der Waals surface area contributed by atoms with Crippen molar-refractivity contribution in [2.75, 3.05) is 33.2 Å². The molecule has 1 unspecified atom stereocenters. The summed E-state index contributed by atoms with van der Waals surface area (Å²) in [7, 11) is 2.06. The molecule has 0 aliphatic heterocycles. The van der Waals surface area contributed by atoms with Crippen molar-refractivity contribution in [3.8, 4) is 0 Å². The third-order valence-corrected chi connectivity index (χ3v) is 3.08. The molecule has 0 fully saturated rings. The minimum atomic E-state index is -0.292. The molecule has 1 rings (SSSR count). The maximum absolute atomic E-state index is 9.93. The van der Waals surface area contributed by atoms with Crippen LogP contribution in [-0.2, 0) is 6.42 Å². The van der Waals surface area contributed by atoms with E-state index in [-0.39, 0.29) is 6.10 Å². The number of benzene rings is 1. The second kappa shape index (κ2) is 9.08. The predicted molar refractivity (Wildman–Crippen MR) is 81.4 cm³/mol. The fraction of sp³-hybridized carbons (Fsp3) is 0.625. The summed E-state index contributed by atoms with van der Waals surface area (Å²) in [6.07, 6.45) is 0.739. The number of hydrogen-bond acceptors (Lipinski definition) is 3. The summed E-state index contributed by atoms with van der Waals surface area (Å²) in [5, 5.41) is 13.2. The molecule has 3 heteroatoms. The molecule has 19 heavy (non-hydrogen) atoms. The van der Waals surface area contributed by atoms with Gasteiger partial charge in [-0.2, -0.15) is 0 Å². The molecule has 3 nitrogen and oxygen atoms in total. The molecule has 0 bridgehead atoms. The van der Waals surface area contributed by atoms with Gasteiger partial charge in [-0.15, -0.1) is 0 Å². The monoisotopic (exact) mass is 264 g/mol. The Kier molecular flexibility index (Phi) is 7.72. The second-order valence-electron chi connectivity index (χ2n) is 5.70. The van der Waals surface area contributed by atoms with Crippen molar-refractivity contribution in [1.82, 2.24) is 10.2 Å². The van der Waals surface area contributed by atoms with E-state index in [4.69, 9.17) is 0 Å². The van der Waals surface area contributed by atoms with Crippen LogP contribution >= 0.6 is 0 Å². The van der Waals surface area contributed by atoms with Crippen molar-refractivity contribution < 1.29 is 5.11 Å². The van der Waals surface area contributed by atoms with E-state index in [1.165, 1.54) is 5.56 Å². The topological polar surface area (TPSA) is 35.5 Å². The van der Waals surface area contributed by atoms with Gasteiger partial charge in [-0.25, -0.2) is 0 Å². The molecule has 1 aromatic rings.